The van der Waals surface area contributed by atoms with Crippen LogP contribution in [0, 0.1) is 0 Å². The number of aromatic hydroxyl groups is 3. The third-order valence-corrected chi connectivity index (χ3v) is 6.44. The highest BCUT2D eigenvalue weighted by Crippen LogP contribution is 2.45. The Bertz CT molecular complexity index is 1670. The molecule has 0 amide bonds. The van der Waals surface area contributed by atoms with Crippen LogP contribution in [0.3, 0.4) is 0 Å². The smallest absolute Gasteiger partial charge is 0.295 e. The van der Waals surface area contributed by atoms with E-state index in [-0.39, 0.29) is 33.4 Å². The molecule has 0 unspecified atom stereocenters. The normalized spacial score (nSPS) is 12.4. The van der Waals surface area contributed by atoms with Crippen molar-refractivity contribution in [3.8, 4) is 39.7 Å². The van der Waals surface area contributed by atoms with Crippen molar-refractivity contribution < 1.29 is 45.7 Å². The van der Waals surface area contributed by atoms with Crippen molar-refractivity contribution in [2.24, 2.45) is 0 Å². The summed E-state index contributed by atoms with van der Waals surface area (Å²) in [4.78, 5) is 10.1. The van der Waals surface area contributed by atoms with Gasteiger partial charge in [0, 0.05) is 34.2 Å². The van der Waals surface area contributed by atoms with Crippen molar-refractivity contribution in [3.63, 3.8) is 0 Å². The van der Waals surface area contributed by atoms with Crippen LogP contribution < -0.4 is 5.43 Å². The molecule has 2 aromatic carbocycles. The van der Waals surface area contributed by atoms with E-state index in [2.05, 4.69) is 0 Å². The van der Waals surface area contributed by atoms with Crippen molar-refractivity contribution in [1.82, 2.24) is 0 Å². The molecule has 0 saturated carbocycles. The fourth-order valence-electron chi connectivity index (χ4n) is 3.30. The summed E-state index contributed by atoms with van der Waals surface area (Å²) in [7, 11) is -9.92. The lowest BCUT2D eigenvalue weighted by atomic mass is 9.93. The Morgan fingerprint density at radius 2 is 1.38 bits per heavy atom. The first-order valence-corrected chi connectivity index (χ1v) is 11.4. The molecule has 0 saturated heterocycles. The molecule has 1 aliphatic heterocycles. The van der Waals surface area contributed by atoms with Gasteiger partial charge in [-0.05, 0) is 24.3 Å². The van der Waals surface area contributed by atoms with E-state index in [1.807, 2.05) is 0 Å². The SMILES string of the molecule is O=c1cc2oc3cc(O)c(O)cc3c(-c3ccc(S(=O)(=O)O)cc3S(=O)(=O)O)c-2cc1O. The largest absolute Gasteiger partial charge is 0.504 e. The molecule has 5 N–H and O–H groups in total. The lowest BCUT2D eigenvalue weighted by molar-refractivity contribution is 0.404. The number of phenolic OH excluding ortho intramolecular Hbond substituents is 3. The second-order valence-corrected chi connectivity index (χ2v) is 9.55. The lowest BCUT2D eigenvalue weighted by Crippen LogP contribution is -2.07. The highest BCUT2D eigenvalue weighted by molar-refractivity contribution is 7.86. The van der Waals surface area contributed by atoms with Gasteiger partial charge in [-0.3, -0.25) is 13.9 Å². The molecule has 4 rings (SSSR count). The van der Waals surface area contributed by atoms with E-state index in [0.29, 0.717) is 6.07 Å². The topological polar surface area (TPSA) is 200 Å². The van der Waals surface area contributed by atoms with Crippen LogP contribution in [-0.2, 0) is 20.2 Å². The monoisotopic (exact) mass is 480 g/mol. The standard InChI is InChI=1S/C19H12O11S2/c20-12-4-10-16(6-14(12)22)30-17-7-15(23)13(21)5-11(17)19(10)9-2-1-8(31(24,25)26)3-18(9)32(27,28)29/h1-7,20-22H,(H,24,25,26)(H,27,28,29). The van der Waals surface area contributed by atoms with Crippen molar-refractivity contribution >= 4 is 31.2 Å². The summed E-state index contributed by atoms with van der Waals surface area (Å²) in [5, 5.41) is 29.7. The lowest BCUT2D eigenvalue weighted by Gasteiger charge is -2.18. The maximum absolute atomic E-state index is 12.1. The zero-order valence-electron chi connectivity index (χ0n) is 15.5. The molecule has 0 bridgehead atoms. The highest BCUT2D eigenvalue weighted by Gasteiger charge is 2.27. The number of hydrogen-bond donors (Lipinski definition) is 5. The Kier molecular flexibility index (Phi) is 4.67. The third kappa shape index (κ3) is 3.52. The Labute approximate surface area is 179 Å². The molecule has 166 valence electrons. The van der Waals surface area contributed by atoms with Crippen LogP contribution >= 0.6 is 0 Å². The quantitative estimate of drug-likeness (QED) is 0.163. The van der Waals surface area contributed by atoms with Gasteiger partial charge in [0.2, 0.25) is 5.43 Å². The van der Waals surface area contributed by atoms with Gasteiger partial charge in [0.25, 0.3) is 20.2 Å². The first kappa shape index (κ1) is 21.6. The predicted octanol–water partition coefficient (Wildman–Crippen LogP) is 2.18. The van der Waals surface area contributed by atoms with Gasteiger partial charge in [-0.2, -0.15) is 16.8 Å². The summed E-state index contributed by atoms with van der Waals surface area (Å²) < 4.78 is 71.7. The molecule has 1 aliphatic carbocycles. The molecule has 32 heavy (non-hydrogen) atoms. The zero-order chi connectivity index (χ0) is 23.6. The first-order valence-electron chi connectivity index (χ1n) is 8.52. The molecule has 0 fully saturated rings. The fraction of sp³-hybridized carbons (Fsp3) is 0. The number of fused-ring (bicyclic) bond motifs is 2. The number of hydrogen-bond acceptors (Lipinski definition) is 9. The summed E-state index contributed by atoms with van der Waals surface area (Å²) in [5.74, 6) is -2.09. The Morgan fingerprint density at radius 3 is 2.00 bits per heavy atom. The van der Waals surface area contributed by atoms with Gasteiger partial charge in [-0.15, -0.1) is 0 Å². The summed E-state index contributed by atoms with van der Waals surface area (Å²) in [6, 6.07) is 6.21. The average molecular weight is 480 g/mol. The average Bonchev–Trinajstić information content (AvgIpc) is 2.67. The van der Waals surface area contributed by atoms with Crippen LogP contribution in [-0.4, -0.2) is 41.3 Å². The Hall–Kier alpha value is -3.65. The van der Waals surface area contributed by atoms with E-state index in [0.717, 1.165) is 36.4 Å². The molecule has 11 nitrogen and oxygen atoms in total. The van der Waals surface area contributed by atoms with Crippen LogP contribution in [0.25, 0.3) is 33.4 Å². The van der Waals surface area contributed by atoms with Crippen molar-refractivity contribution in [2.45, 2.75) is 9.79 Å². The van der Waals surface area contributed by atoms with E-state index in [1.165, 1.54) is 0 Å². The van der Waals surface area contributed by atoms with E-state index >= 15 is 0 Å². The predicted molar refractivity (Wildman–Crippen MR) is 109 cm³/mol. The van der Waals surface area contributed by atoms with E-state index in [1.54, 1.807) is 0 Å². The second kappa shape index (κ2) is 6.93. The molecular formula is C19H12O11S2. The van der Waals surface area contributed by atoms with Crippen molar-refractivity contribution in [2.75, 3.05) is 0 Å². The Balaban J connectivity index is 2.27. The van der Waals surface area contributed by atoms with Gasteiger partial charge in [0.05, 0.1) is 4.90 Å². The Morgan fingerprint density at radius 1 is 0.719 bits per heavy atom. The third-order valence-electron chi connectivity index (χ3n) is 4.69. The molecule has 1 heterocycles. The van der Waals surface area contributed by atoms with Crippen molar-refractivity contribution in [3.05, 3.63) is 52.7 Å². The second-order valence-electron chi connectivity index (χ2n) is 6.74. The number of benzene rings is 3. The van der Waals surface area contributed by atoms with Crippen LogP contribution in [0.1, 0.15) is 0 Å². The van der Waals surface area contributed by atoms with Gasteiger partial charge < -0.3 is 19.7 Å². The minimum absolute atomic E-state index is 0.0182. The number of rotatable bonds is 3. The molecule has 0 atom stereocenters. The zero-order valence-corrected chi connectivity index (χ0v) is 17.2. The van der Waals surface area contributed by atoms with Gasteiger partial charge >= 0.3 is 0 Å². The van der Waals surface area contributed by atoms with Gasteiger partial charge in [0.15, 0.2) is 17.2 Å². The minimum atomic E-state index is -5.08. The number of phenols is 3. The highest BCUT2D eigenvalue weighted by atomic mass is 32.2. The molecule has 0 aromatic heterocycles. The van der Waals surface area contributed by atoms with E-state index in [4.69, 9.17) is 4.42 Å². The summed E-state index contributed by atoms with van der Waals surface area (Å²) in [6.07, 6.45) is 0. The maximum Gasteiger partial charge on any atom is 0.295 e. The fourth-order valence-corrected chi connectivity index (χ4v) is 4.61. The van der Waals surface area contributed by atoms with E-state index in [9.17, 15) is 46.1 Å². The van der Waals surface area contributed by atoms with Crippen LogP contribution in [0.5, 0.6) is 17.2 Å². The first-order chi connectivity index (χ1) is 14.8. The van der Waals surface area contributed by atoms with Crippen LogP contribution in [0.4, 0.5) is 0 Å². The molecular weight excluding hydrogens is 468 g/mol. The van der Waals surface area contributed by atoms with E-state index < -0.39 is 52.7 Å². The summed E-state index contributed by atoms with van der Waals surface area (Å²) in [6.45, 7) is 0. The summed E-state index contributed by atoms with van der Waals surface area (Å²) >= 11 is 0. The van der Waals surface area contributed by atoms with Gasteiger partial charge in [-0.1, -0.05) is 6.07 Å². The molecule has 0 radical (unpaired) electrons. The van der Waals surface area contributed by atoms with Crippen LogP contribution in [0.2, 0.25) is 0 Å². The molecule has 13 heteroatoms. The molecule has 2 aromatic rings. The van der Waals surface area contributed by atoms with Gasteiger partial charge in [0.1, 0.15) is 16.2 Å². The molecule has 0 spiro atoms. The maximum atomic E-state index is 12.1. The van der Waals surface area contributed by atoms with Crippen LogP contribution in [0.15, 0.2) is 61.5 Å². The van der Waals surface area contributed by atoms with Gasteiger partial charge in [-0.25, -0.2) is 0 Å². The molecule has 2 aliphatic rings. The minimum Gasteiger partial charge on any atom is -0.504 e. The summed E-state index contributed by atoms with van der Waals surface area (Å²) in [5.41, 5.74) is -1.39. The van der Waals surface area contributed by atoms with Crippen molar-refractivity contribution in [1.29, 1.82) is 0 Å².